The van der Waals surface area contributed by atoms with Crippen molar-refractivity contribution in [2.24, 2.45) is 0 Å². The summed E-state index contributed by atoms with van der Waals surface area (Å²) in [6, 6.07) is 9.55. The lowest BCUT2D eigenvalue weighted by Crippen LogP contribution is -2.08. The van der Waals surface area contributed by atoms with Gasteiger partial charge >= 0.3 is 0 Å². The maximum absolute atomic E-state index is 12.5. The Morgan fingerprint density at radius 3 is 2.67 bits per heavy atom. The summed E-state index contributed by atoms with van der Waals surface area (Å²) < 4.78 is 22.5. The molecule has 0 aliphatic carbocycles. The molecule has 4 rings (SSSR count). The molecule has 7 nitrogen and oxygen atoms in total. The number of carbonyl (C=O) groups is 1. The molecule has 0 bridgehead atoms. The standard InChI is InChI=1S/C25H24N2O5S/c1-5-31-21-13-22-18(12-17(21)15(2)10-24(28)27-25-26-8-9-33-25)19(14-32-22)16-6-7-20(29-3)23(11-16)30-4/h6-14H,5H2,1-4H3,(H,26,27,28)/b15-10+. The fourth-order valence-corrected chi connectivity index (χ4v) is 4.10. The minimum absolute atomic E-state index is 0.252. The number of furan rings is 1. The fourth-order valence-electron chi connectivity index (χ4n) is 3.57. The van der Waals surface area contributed by atoms with Crippen LogP contribution in [0.4, 0.5) is 5.13 Å². The molecule has 0 saturated heterocycles. The van der Waals surface area contributed by atoms with Gasteiger partial charge in [-0.2, -0.15) is 0 Å². The van der Waals surface area contributed by atoms with E-state index in [1.165, 1.54) is 11.3 Å². The van der Waals surface area contributed by atoms with Gasteiger partial charge in [-0.25, -0.2) is 4.98 Å². The van der Waals surface area contributed by atoms with Crippen LogP contribution >= 0.6 is 11.3 Å². The van der Waals surface area contributed by atoms with Crippen molar-refractivity contribution in [3.63, 3.8) is 0 Å². The minimum Gasteiger partial charge on any atom is -0.493 e. The number of benzene rings is 2. The van der Waals surface area contributed by atoms with E-state index in [1.807, 2.05) is 49.6 Å². The van der Waals surface area contributed by atoms with Gasteiger partial charge in [0.2, 0.25) is 5.91 Å². The summed E-state index contributed by atoms with van der Waals surface area (Å²) in [6.45, 7) is 4.28. The monoisotopic (exact) mass is 464 g/mol. The third-order valence-electron chi connectivity index (χ3n) is 5.10. The maximum atomic E-state index is 12.5. The predicted octanol–water partition coefficient (Wildman–Crippen LogP) is 6.01. The normalized spacial score (nSPS) is 11.5. The number of thiazole rings is 1. The molecule has 1 amide bonds. The van der Waals surface area contributed by atoms with Crippen molar-refractivity contribution in [1.82, 2.24) is 4.98 Å². The SMILES string of the molecule is CCOc1cc2occ(-c3ccc(OC)c(OC)c3)c2cc1/C(C)=C/C(=O)Nc1nccs1. The molecule has 0 aliphatic heterocycles. The van der Waals surface area contributed by atoms with Crippen LogP contribution in [-0.2, 0) is 4.79 Å². The van der Waals surface area contributed by atoms with Gasteiger partial charge in [0.15, 0.2) is 16.6 Å². The highest BCUT2D eigenvalue weighted by atomic mass is 32.1. The summed E-state index contributed by atoms with van der Waals surface area (Å²) in [5.74, 6) is 1.68. The van der Waals surface area contributed by atoms with Crippen LogP contribution in [0.3, 0.4) is 0 Å². The van der Waals surface area contributed by atoms with E-state index in [0.29, 0.717) is 34.6 Å². The molecule has 0 unspecified atom stereocenters. The zero-order valence-corrected chi connectivity index (χ0v) is 19.6. The number of allylic oxidation sites excluding steroid dienone is 1. The molecule has 0 spiro atoms. The van der Waals surface area contributed by atoms with Crippen LogP contribution in [0.5, 0.6) is 17.2 Å². The van der Waals surface area contributed by atoms with Crippen molar-refractivity contribution in [2.45, 2.75) is 13.8 Å². The van der Waals surface area contributed by atoms with Crippen LogP contribution in [0.2, 0.25) is 0 Å². The number of anilines is 1. The predicted molar refractivity (Wildman–Crippen MR) is 130 cm³/mol. The van der Waals surface area contributed by atoms with Crippen molar-refractivity contribution >= 4 is 38.9 Å². The van der Waals surface area contributed by atoms with Crippen LogP contribution in [0.1, 0.15) is 19.4 Å². The number of ether oxygens (including phenoxy) is 3. The molecule has 4 aromatic rings. The van der Waals surface area contributed by atoms with Crippen molar-refractivity contribution in [3.05, 3.63) is 59.8 Å². The Morgan fingerprint density at radius 1 is 1.15 bits per heavy atom. The first-order chi connectivity index (χ1) is 16.0. The van der Waals surface area contributed by atoms with Gasteiger partial charge in [-0.05, 0) is 43.2 Å². The number of fused-ring (bicyclic) bond motifs is 1. The number of hydrogen-bond donors (Lipinski definition) is 1. The Kier molecular flexibility index (Phi) is 6.65. The van der Waals surface area contributed by atoms with E-state index < -0.39 is 0 Å². The molecule has 0 atom stereocenters. The third kappa shape index (κ3) is 4.70. The van der Waals surface area contributed by atoms with E-state index in [1.54, 1.807) is 32.8 Å². The average Bonchev–Trinajstić information content (AvgIpc) is 3.47. The Morgan fingerprint density at radius 2 is 1.97 bits per heavy atom. The number of amides is 1. The number of rotatable bonds is 8. The molecular formula is C25H24N2O5S. The lowest BCUT2D eigenvalue weighted by molar-refractivity contribution is -0.111. The van der Waals surface area contributed by atoms with Gasteiger partial charge < -0.3 is 18.6 Å². The summed E-state index contributed by atoms with van der Waals surface area (Å²) >= 11 is 1.36. The summed E-state index contributed by atoms with van der Waals surface area (Å²) in [5, 5.41) is 6.03. The van der Waals surface area contributed by atoms with Crippen LogP contribution in [0.15, 0.2) is 58.7 Å². The van der Waals surface area contributed by atoms with Crippen LogP contribution < -0.4 is 19.5 Å². The second-order valence-corrected chi connectivity index (χ2v) is 8.05. The first-order valence-electron chi connectivity index (χ1n) is 10.3. The second kappa shape index (κ2) is 9.79. The van der Waals surface area contributed by atoms with Gasteiger partial charge in [0.25, 0.3) is 0 Å². The van der Waals surface area contributed by atoms with Crippen LogP contribution in [0, 0.1) is 0 Å². The summed E-state index contributed by atoms with van der Waals surface area (Å²) in [6.07, 6.45) is 4.90. The summed E-state index contributed by atoms with van der Waals surface area (Å²) in [4.78, 5) is 16.6. The van der Waals surface area contributed by atoms with Gasteiger partial charge in [-0.15, -0.1) is 11.3 Å². The Balaban J connectivity index is 1.77. The third-order valence-corrected chi connectivity index (χ3v) is 5.79. The first-order valence-corrected chi connectivity index (χ1v) is 11.2. The smallest absolute Gasteiger partial charge is 0.250 e. The van der Waals surface area contributed by atoms with E-state index in [9.17, 15) is 4.79 Å². The highest BCUT2D eigenvalue weighted by Gasteiger charge is 2.17. The molecule has 33 heavy (non-hydrogen) atoms. The Bertz CT molecular complexity index is 1310. The molecule has 170 valence electrons. The van der Waals surface area contributed by atoms with Gasteiger partial charge in [-0.3, -0.25) is 10.1 Å². The number of hydrogen-bond acceptors (Lipinski definition) is 7. The number of carbonyl (C=O) groups excluding carboxylic acids is 1. The first kappa shape index (κ1) is 22.4. The Hall–Kier alpha value is -3.78. The lowest BCUT2D eigenvalue weighted by atomic mass is 9.99. The molecule has 0 aliphatic rings. The van der Waals surface area contributed by atoms with Crippen molar-refractivity contribution < 1.29 is 23.4 Å². The zero-order chi connectivity index (χ0) is 23.4. The van der Waals surface area contributed by atoms with E-state index in [4.69, 9.17) is 18.6 Å². The molecule has 8 heteroatoms. The quantitative estimate of drug-likeness (QED) is 0.321. The van der Waals surface area contributed by atoms with E-state index in [2.05, 4.69) is 10.3 Å². The van der Waals surface area contributed by atoms with Crippen LogP contribution in [0.25, 0.3) is 27.7 Å². The van der Waals surface area contributed by atoms with E-state index in [0.717, 1.165) is 27.6 Å². The van der Waals surface area contributed by atoms with Gasteiger partial charge in [0.1, 0.15) is 11.3 Å². The van der Waals surface area contributed by atoms with Gasteiger partial charge in [0, 0.05) is 40.2 Å². The molecule has 2 aromatic carbocycles. The highest BCUT2D eigenvalue weighted by Crippen LogP contribution is 2.40. The molecule has 0 fully saturated rings. The number of aromatic nitrogens is 1. The van der Waals surface area contributed by atoms with E-state index in [-0.39, 0.29) is 5.91 Å². The zero-order valence-electron chi connectivity index (χ0n) is 18.8. The molecule has 1 N–H and O–H groups in total. The number of nitrogens with zero attached hydrogens (tertiary/aromatic N) is 1. The Labute approximate surface area is 195 Å². The van der Waals surface area contributed by atoms with Crippen LogP contribution in [-0.4, -0.2) is 31.7 Å². The molecule has 0 saturated carbocycles. The summed E-state index contributed by atoms with van der Waals surface area (Å²) in [5.41, 5.74) is 4.07. The largest absolute Gasteiger partial charge is 0.493 e. The lowest BCUT2D eigenvalue weighted by Gasteiger charge is -2.12. The number of methoxy groups -OCH3 is 2. The van der Waals surface area contributed by atoms with Gasteiger partial charge in [-0.1, -0.05) is 6.07 Å². The van der Waals surface area contributed by atoms with Gasteiger partial charge in [0.05, 0.1) is 27.1 Å². The van der Waals surface area contributed by atoms with Crippen molar-refractivity contribution in [2.75, 3.05) is 26.1 Å². The fraction of sp³-hybridized carbons (Fsp3) is 0.200. The van der Waals surface area contributed by atoms with E-state index >= 15 is 0 Å². The van der Waals surface area contributed by atoms with Crippen molar-refractivity contribution in [1.29, 1.82) is 0 Å². The summed E-state index contributed by atoms with van der Waals surface area (Å²) in [7, 11) is 3.21. The second-order valence-electron chi connectivity index (χ2n) is 7.15. The maximum Gasteiger partial charge on any atom is 0.250 e. The molecule has 2 aromatic heterocycles. The minimum atomic E-state index is -0.252. The average molecular weight is 465 g/mol. The highest BCUT2D eigenvalue weighted by molar-refractivity contribution is 7.13. The number of nitrogens with one attached hydrogen (secondary N) is 1. The van der Waals surface area contributed by atoms with Crippen molar-refractivity contribution in [3.8, 4) is 28.4 Å². The molecule has 0 radical (unpaired) electrons. The molecule has 2 heterocycles. The molecular weight excluding hydrogens is 440 g/mol. The topological polar surface area (TPSA) is 82.8 Å².